The van der Waals surface area contributed by atoms with Gasteiger partial charge in [-0.1, -0.05) is 18.2 Å². The lowest BCUT2D eigenvalue weighted by Crippen LogP contribution is -2.45. The van der Waals surface area contributed by atoms with Crippen LogP contribution in [0.4, 0.5) is 0 Å². The fourth-order valence-corrected chi connectivity index (χ4v) is 3.63. The lowest BCUT2D eigenvalue weighted by molar-refractivity contribution is 0.0694. The van der Waals surface area contributed by atoms with Gasteiger partial charge in [-0.05, 0) is 49.2 Å². The molecule has 4 nitrogen and oxygen atoms in total. The van der Waals surface area contributed by atoms with Gasteiger partial charge in [0.1, 0.15) is 11.4 Å². The van der Waals surface area contributed by atoms with Crippen LogP contribution < -0.4 is 15.4 Å². The minimum absolute atomic E-state index is 0.185. The van der Waals surface area contributed by atoms with Crippen LogP contribution in [0.15, 0.2) is 46.1 Å². The molecule has 0 amide bonds. The average molecular weight is 343 g/mol. The smallest absolute Gasteiger partial charge is 0.192 e. The highest BCUT2D eigenvalue weighted by Crippen LogP contribution is 2.39. The van der Waals surface area contributed by atoms with E-state index in [0.29, 0.717) is 6.54 Å². The highest BCUT2D eigenvalue weighted by Gasteiger charge is 2.33. The Balaban J connectivity index is 1.80. The van der Waals surface area contributed by atoms with E-state index >= 15 is 0 Å². The molecule has 0 saturated carbocycles. The molecule has 1 aromatic carbocycles. The van der Waals surface area contributed by atoms with E-state index in [1.807, 2.05) is 12.1 Å². The Morgan fingerprint density at radius 1 is 1.33 bits per heavy atom. The first kappa shape index (κ1) is 16.8. The maximum absolute atomic E-state index is 6.11. The molecule has 1 unspecified atom stereocenters. The Bertz CT molecular complexity index is 694. The number of benzene rings is 1. The second-order valence-corrected chi connectivity index (χ2v) is 7.41. The van der Waals surface area contributed by atoms with Crippen molar-refractivity contribution < 1.29 is 4.74 Å². The number of rotatable bonds is 4. The lowest BCUT2D eigenvalue weighted by Gasteiger charge is -2.38. The molecular weight excluding hydrogens is 318 g/mol. The van der Waals surface area contributed by atoms with Crippen molar-refractivity contribution in [3.05, 3.63) is 52.2 Å². The van der Waals surface area contributed by atoms with E-state index in [1.165, 1.54) is 11.1 Å². The predicted octanol–water partition coefficient (Wildman–Crippen LogP) is 4.11. The first-order chi connectivity index (χ1) is 11.6. The third-order valence-corrected chi connectivity index (χ3v) is 4.76. The van der Waals surface area contributed by atoms with Gasteiger partial charge in [-0.2, -0.15) is 11.3 Å². The summed E-state index contributed by atoms with van der Waals surface area (Å²) < 4.78 is 6.11. The second-order valence-electron chi connectivity index (χ2n) is 6.63. The van der Waals surface area contributed by atoms with Crippen LogP contribution >= 0.6 is 11.3 Å². The van der Waals surface area contributed by atoms with Crippen LogP contribution in [0.25, 0.3) is 0 Å². The van der Waals surface area contributed by atoms with Gasteiger partial charge in [-0.15, -0.1) is 0 Å². The lowest BCUT2D eigenvalue weighted by atomic mass is 9.90. The third kappa shape index (κ3) is 4.09. The Kier molecular flexibility index (Phi) is 5.09. The summed E-state index contributed by atoms with van der Waals surface area (Å²) in [6.07, 6.45) is 0.896. The number of para-hydroxylation sites is 1. The molecule has 0 aliphatic carbocycles. The molecule has 0 bridgehead atoms. The maximum Gasteiger partial charge on any atom is 0.192 e. The minimum atomic E-state index is -0.198. The van der Waals surface area contributed by atoms with Crippen LogP contribution in [-0.2, 0) is 6.54 Å². The number of thiophene rings is 1. The van der Waals surface area contributed by atoms with Crippen molar-refractivity contribution in [3.63, 3.8) is 0 Å². The topological polar surface area (TPSA) is 45.7 Å². The summed E-state index contributed by atoms with van der Waals surface area (Å²) in [6.45, 7) is 7.88. The number of hydrogen-bond acceptors (Lipinski definition) is 3. The summed E-state index contributed by atoms with van der Waals surface area (Å²) in [6, 6.07) is 10.6. The minimum Gasteiger partial charge on any atom is -0.487 e. The molecule has 3 rings (SSSR count). The normalized spacial score (nSPS) is 19.3. The van der Waals surface area contributed by atoms with E-state index in [-0.39, 0.29) is 11.6 Å². The standard InChI is InChI=1S/C19H25N3OS/c1-4-20-18(21-12-14-9-10-24-13-14)22-16-11-19(2,3)23-17-8-6-5-7-15(16)17/h5-10,13,16H,4,11-12H2,1-3H3,(H2,20,21,22). The van der Waals surface area contributed by atoms with Gasteiger partial charge in [0.2, 0.25) is 0 Å². The van der Waals surface area contributed by atoms with Crippen molar-refractivity contribution in [2.45, 2.75) is 45.4 Å². The van der Waals surface area contributed by atoms with Crippen molar-refractivity contribution in [3.8, 4) is 5.75 Å². The molecule has 1 aromatic heterocycles. The molecule has 0 spiro atoms. The number of nitrogens with zero attached hydrogens (tertiary/aromatic N) is 1. The number of ether oxygens (including phenoxy) is 1. The zero-order chi connectivity index (χ0) is 17.0. The van der Waals surface area contributed by atoms with E-state index < -0.39 is 0 Å². The quantitative estimate of drug-likeness (QED) is 0.649. The molecule has 0 radical (unpaired) electrons. The van der Waals surface area contributed by atoms with E-state index in [1.54, 1.807) is 11.3 Å². The van der Waals surface area contributed by atoms with Crippen molar-refractivity contribution >= 4 is 17.3 Å². The van der Waals surface area contributed by atoms with Gasteiger partial charge >= 0.3 is 0 Å². The van der Waals surface area contributed by atoms with E-state index in [4.69, 9.17) is 9.73 Å². The Morgan fingerprint density at radius 2 is 2.17 bits per heavy atom. The molecule has 5 heteroatoms. The number of hydrogen-bond donors (Lipinski definition) is 2. The van der Waals surface area contributed by atoms with Crippen LogP contribution in [0.5, 0.6) is 5.75 Å². The van der Waals surface area contributed by atoms with Crippen LogP contribution in [0.3, 0.4) is 0 Å². The number of fused-ring (bicyclic) bond motifs is 1. The fourth-order valence-electron chi connectivity index (χ4n) is 2.97. The molecular formula is C19H25N3OS. The fraction of sp³-hybridized carbons (Fsp3) is 0.421. The molecule has 2 heterocycles. The summed E-state index contributed by atoms with van der Waals surface area (Å²) in [5.74, 6) is 1.81. The summed E-state index contributed by atoms with van der Waals surface area (Å²) in [7, 11) is 0. The highest BCUT2D eigenvalue weighted by atomic mass is 32.1. The van der Waals surface area contributed by atoms with Gasteiger partial charge in [0.15, 0.2) is 5.96 Å². The predicted molar refractivity (Wildman–Crippen MR) is 101 cm³/mol. The average Bonchev–Trinajstić information content (AvgIpc) is 3.05. The monoisotopic (exact) mass is 343 g/mol. The van der Waals surface area contributed by atoms with Crippen molar-refractivity contribution in [2.75, 3.05) is 6.54 Å². The first-order valence-electron chi connectivity index (χ1n) is 8.41. The Labute approximate surface area is 148 Å². The van der Waals surface area contributed by atoms with Gasteiger partial charge in [0.25, 0.3) is 0 Å². The van der Waals surface area contributed by atoms with Crippen molar-refractivity contribution in [1.29, 1.82) is 0 Å². The van der Waals surface area contributed by atoms with Gasteiger partial charge in [0.05, 0.1) is 12.6 Å². The second kappa shape index (κ2) is 7.26. The molecule has 1 aliphatic heterocycles. The molecule has 2 aromatic rings. The summed E-state index contributed by atoms with van der Waals surface area (Å²) in [5, 5.41) is 11.2. The van der Waals surface area contributed by atoms with Crippen LogP contribution in [0.2, 0.25) is 0 Å². The number of guanidine groups is 1. The highest BCUT2D eigenvalue weighted by molar-refractivity contribution is 7.07. The summed E-state index contributed by atoms with van der Waals surface area (Å²) in [4.78, 5) is 4.73. The van der Waals surface area contributed by atoms with E-state index in [0.717, 1.165) is 24.7 Å². The van der Waals surface area contributed by atoms with Crippen LogP contribution in [0.1, 0.15) is 44.4 Å². The molecule has 128 valence electrons. The molecule has 0 saturated heterocycles. The van der Waals surface area contributed by atoms with E-state index in [9.17, 15) is 0 Å². The number of nitrogens with one attached hydrogen (secondary N) is 2. The Hall–Kier alpha value is -2.01. The third-order valence-electron chi connectivity index (χ3n) is 4.03. The van der Waals surface area contributed by atoms with Gasteiger partial charge < -0.3 is 15.4 Å². The zero-order valence-corrected chi connectivity index (χ0v) is 15.3. The molecule has 0 fully saturated rings. The summed E-state index contributed by atoms with van der Waals surface area (Å²) >= 11 is 1.70. The molecule has 1 atom stereocenters. The zero-order valence-electron chi connectivity index (χ0n) is 14.5. The van der Waals surface area contributed by atoms with Crippen molar-refractivity contribution in [1.82, 2.24) is 10.6 Å². The number of aliphatic imine (C=N–C) groups is 1. The Morgan fingerprint density at radius 3 is 2.92 bits per heavy atom. The molecule has 1 aliphatic rings. The summed E-state index contributed by atoms with van der Waals surface area (Å²) in [5.41, 5.74) is 2.24. The van der Waals surface area contributed by atoms with Gasteiger partial charge in [-0.3, -0.25) is 0 Å². The maximum atomic E-state index is 6.11. The van der Waals surface area contributed by atoms with Gasteiger partial charge in [0, 0.05) is 18.5 Å². The largest absolute Gasteiger partial charge is 0.487 e. The SMILES string of the molecule is CCNC(=NCc1ccsc1)NC1CC(C)(C)Oc2ccccc21. The van der Waals surface area contributed by atoms with Crippen LogP contribution in [-0.4, -0.2) is 18.1 Å². The molecule has 2 N–H and O–H groups in total. The first-order valence-corrected chi connectivity index (χ1v) is 9.35. The van der Waals surface area contributed by atoms with Crippen LogP contribution in [0, 0.1) is 0 Å². The van der Waals surface area contributed by atoms with Gasteiger partial charge in [-0.25, -0.2) is 4.99 Å². The van der Waals surface area contributed by atoms with Crippen molar-refractivity contribution in [2.24, 2.45) is 4.99 Å². The van der Waals surface area contributed by atoms with E-state index in [2.05, 4.69) is 60.4 Å². The molecule has 24 heavy (non-hydrogen) atoms.